The van der Waals surface area contributed by atoms with E-state index in [2.05, 4.69) is 27.3 Å². The summed E-state index contributed by atoms with van der Waals surface area (Å²) in [7, 11) is 0. The maximum atomic E-state index is 11.3. The first kappa shape index (κ1) is 13.9. The zero-order valence-corrected chi connectivity index (χ0v) is 12.6. The van der Waals surface area contributed by atoms with E-state index in [9.17, 15) is 4.79 Å². The van der Waals surface area contributed by atoms with E-state index in [0.717, 1.165) is 10.2 Å². The largest absolute Gasteiger partial charge is 0.397 e. The van der Waals surface area contributed by atoms with Crippen LogP contribution >= 0.6 is 27.3 Å². The highest BCUT2D eigenvalue weighted by atomic mass is 79.9. The lowest BCUT2D eigenvalue weighted by atomic mass is 10.1. The molecule has 2 rings (SSSR count). The summed E-state index contributed by atoms with van der Waals surface area (Å²) in [6.07, 6.45) is 0.864. The Morgan fingerprint density at radius 3 is 2.74 bits per heavy atom. The van der Waals surface area contributed by atoms with Crippen LogP contribution in [0.25, 0.3) is 0 Å². The minimum atomic E-state index is -0.478. The maximum Gasteiger partial charge on any atom is 0.250 e. The highest BCUT2D eigenvalue weighted by molar-refractivity contribution is 9.11. The van der Waals surface area contributed by atoms with Crippen molar-refractivity contribution in [3.8, 4) is 0 Å². The summed E-state index contributed by atoms with van der Waals surface area (Å²) in [6, 6.07) is 9.22. The fraction of sp³-hybridized carbons (Fsp3) is 0.154. The van der Waals surface area contributed by atoms with E-state index in [-0.39, 0.29) is 0 Å². The number of anilines is 2. The molecule has 0 aliphatic carbocycles. The number of nitrogens with one attached hydrogen (secondary N) is 1. The lowest BCUT2D eigenvalue weighted by molar-refractivity contribution is 0.100. The number of nitrogen functional groups attached to an aromatic ring is 1. The third kappa shape index (κ3) is 3.48. The van der Waals surface area contributed by atoms with Gasteiger partial charge < -0.3 is 16.8 Å². The van der Waals surface area contributed by atoms with Gasteiger partial charge in [-0.2, -0.15) is 0 Å². The van der Waals surface area contributed by atoms with Crippen LogP contribution in [0.1, 0.15) is 15.2 Å². The molecule has 0 aliphatic heterocycles. The highest BCUT2D eigenvalue weighted by Crippen LogP contribution is 2.25. The van der Waals surface area contributed by atoms with Crippen LogP contribution in [-0.4, -0.2) is 12.5 Å². The van der Waals surface area contributed by atoms with Crippen molar-refractivity contribution in [2.75, 3.05) is 17.6 Å². The van der Waals surface area contributed by atoms with Crippen molar-refractivity contribution in [1.82, 2.24) is 0 Å². The number of carbonyl (C=O) groups is 1. The van der Waals surface area contributed by atoms with Crippen LogP contribution in [0, 0.1) is 0 Å². The first-order chi connectivity index (χ1) is 9.08. The molecule has 0 fully saturated rings. The van der Waals surface area contributed by atoms with Gasteiger partial charge in [-0.25, -0.2) is 0 Å². The zero-order valence-electron chi connectivity index (χ0n) is 10.2. The third-order valence-electron chi connectivity index (χ3n) is 2.66. The minimum Gasteiger partial charge on any atom is -0.397 e. The number of thiophene rings is 1. The molecule has 0 unspecified atom stereocenters. The van der Waals surface area contributed by atoms with Gasteiger partial charge in [0.2, 0.25) is 0 Å². The van der Waals surface area contributed by atoms with E-state index >= 15 is 0 Å². The number of amides is 1. The molecule has 0 saturated heterocycles. The van der Waals surface area contributed by atoms with Crippen molar-refractivity contribution >= 4 is 44.5 Å². The summed E-state index contributed by atoms with van der Waals surface area (Å²) in [5, 5.41) is 3.19. The molecule has 1 amide bonds. The Morgan fingerprint density at radius 1 is 1.32 bits per heavy atom. The van der Waals surface area contributed by atoms with E-state index in [1.807, 2.05) is 6.07 Å². The lowest BCUT2D eigenvalue weighted by Gasteiger charge is -2.12. The number of nitrogens with two attached hydrogens (primary N) is 2. The summed E-state index contributed by atoms with van der Waals surface area (Å²) in [5.74, 6) is -0.478. The highest BCUT2D eigenvalue weighted by Gasteiger charge is 2.10. The van der Waals surface area contributed by atoms with E-state index in [0.29, 0.717) is 23.5 Å². The van der Waals surface area contributed by atoms with Gasteiger partial charge in [0.05, 0.1) is 20.7 Å². The zero-order chi connectivity index (χ0) is 13.8. The fourth-order valence-electron chi connectivity index (χ4n) is 1.77. The number of primary amides is 1. The summed E-state index contributed by atoms with van der Waals surface area (Å²) in [4.78, 5) is 12.6. The van der Waals surface area contributed by atoms with Crippen molar-refractivity contribution in [3.63, 3.8) is 0 Å². The average molecular weight is 340 g/mol. The molecule has 4 nitrogen and oxygen atoms in total. The van der Waals surface area contributed by atoms with Crippen LogP contribution in [0.15, 0.2) is 34.1 Å². The topological polar surface area (TPSA) is 81.1 Å². The molecule has 2 aromatic rings. The summed E-state index contributed by atoms with van der Waals surface area (Å²) >= 11 is 5.12. The van der Waals surface area contributed by atoms with Gasteiger partial charge >= 0.3 is 0 Å². The molecule has 0 atom stereocenters. The standard InChI is InChI=1S/C13H14BrN3OS/c14-11-5-4-8(19-11)6-7-17-12-9(13(16)18)2-1-3-10(12)15/h1-5,17H,6-7,15H2,(H2,16,18). The Balaban J connectivity index is 2.05. The van der Waals surface area contributed by atoms with Crippen LogP contribution in [0.4, 0.5) is 11.4 Å². The summed E-state index contributed by atoms with van der Waals surface area (Å²) in [5.41, 5.74) is 12.8. The predicted octanol–water partition coefficient (Wildman–Crippen LogP) is 2.85. The van der Waals surface area contributed by atoms with Crippen LogP contribution in [-0.2, 0) is 6.42 Å². The molecular weight excluding hydrogens is 326 g/mol. The summed E-state index contributed by atoms with van der Waals surface area (Å²) < 4.78 is 1.11. The number of benzene rings is 1. The molecule has 0 bridgehead atoms. The Hall–Kier alpha value is -1.53. The van der Waals surface area contributed by atoms with Gasteiger partial charge in [-0.05, 0) is 46.6 Å². The SMILES string of the molecule is NC(=O)c1cccc(N)c1NCCc1ccc(Br)s1. The maximum absolute atomic E-state index is 11.3. The average Bonchev–Trinajstić information content (AvgIpc) is 2.77. The van der Waals surface area contributed by atoms with Crippen molar-refractivity contribution < 1.29 is 4.79 Å². The Kier molecular flexibility index (Phi) is 4.44. The molecule has 1 aromatic carbocycles. The number of para-hydroxylation sites is 1. The van der Waals surface area contributed by atoms with Gasteiger partial charge in [0.15, 0.2) is 0 Å². The molecule has 0 aliphatic rings. The molecule has 0 radical (unpaired) electrons. The van der Waals surface area contributed by atoms with Gasteiger partial charge in [-0.3, -0.25) is 4.79 Å². The molecule has 1 heterocycles. The van der Waals surface area contributed by atoms with Crippen LogP contribution in [0.2, 0.25) is 0 Å². The van der Waals surface area contributed by atoms with Gasteiger partial charge in [0, 0.05) is 11.4 Å². The number of hydrogen-bond acceptors (Lipinski definition) is 4. The number of halogens is 1. The number of hydrogen-bond donors (Lipinski definition) is 3. The van der Waals surface area contributed by atoms with Crippen molar-refractivity contribution in [2.45, 2.75) is 6.42 Å². The fourth-order valence-corrected chi connectivity index (χ4v) is 3.25. The van der Waals surface area contributed by atoms with Crippen LogP contribution in [0.3, 0.4) is 0 Å². The normalized spacial score (nSPS) is 10.4. The lowest BCUT2D eigenvalue weighted by Crippen LogP contribution is -2.16. The molecular formula is C13H14BrN3OS. The first-order valence-electron chi connectivity index (χ1n) is 5.74. The molecule has 6 heteroatoms. The first-order valence-corrected chi connectivity index (χ1v) is 7.35. The minimum absolute atomic E-state index is 0.423. The van der Waals surface area contributed by atoms with Gasteiger partial charge in [0.25, 0.3) is 5.91 Å². The number of carbonyl (C=O) groups excluding carboxylic acids is 1. The Bertz CT molecular complexity index is 597. The van der Waals surface area contributed by atoms with Crippen molar-refractivity contribution in [2.24, 2.45) is 5.73 Å². The van der Waals surface area contributed by atoms with E-state index in [1.165, 1.54) is 4.88 Å². The molecule has 5 N–H and O–H groups in total. The van der Waals surface area contributed by atoms with Crippen molar-refractivity contribution in [1.29, 1.82) is 0 Å². The van der Waals surface area contributed by atoms with E-state index < -0.39 is 5.91 Å². The number of rotatable bonds is 5. The third-order valence-corrected chi connectivity index (χ3v) is 4.35. The van der Waals surface area contributed by atoms with Gasteiger partial charge in [-0.1, -0.05) is 6.07 Å². The Morgan fingerprint density at radius 2 is 2.11 bits per heavy atom. The van der Waals surface area contributed by atoms with Gasteiger partial charge in [-0.15, -0.1) is 11.3 Å². The van der Waals surface area contributed by atoms with E-state index in [4.69, 9.17) is 11.5 Å². The van der Waals surface area contributed by atoms with Crippen LogP contribution in [0.5, 0.6) is 0 Å². The molecule has 19 heavy (non-hydrogen) atoms. The molecule has 100 valence electrons. The second-order valence-electron chi connectivity index (χ2n) is 4.02. The second kappa shape index (κ2) is 6.08. The Labute approximate surface area is 123 Å². The summed E-state index contributed by atoms with van der Waals surface area (Å²) in [6.45, 7) is 0.696. The monoisotopic (exact) mass is 339 g/mol. The smallest absolute Gasteiger partial charge is 0.250 e. The molecule has 0 spiro atoms. The van der Waals surface area contributed by atoms with Crippen molar-refractivity contribution in [3.05, 3.63) is 44.6 Å². The van der Waals surface area contributed by atoms with E-state index in [1.54, 1.807) is 29.5 Å². The molecule has 1 aromatic heterocycles. The molecule has 0 saturated carbocycles. The quantitative estimate of drug-likeness (QED) is 0.732. The van der Waals surface area contributed by atoms with Crippen LogP contribution < -0.4 is 16.8 Å². The predicted molar refractivity (Wildman–Crippen MR) is 83.6 cm³/mol. The second-order valence-corrected chi connectivity index (χ2v) is 6.56. The van der Waals surface area contributed by atoms with Gasteiger partial charge in [0.1, 0.15) is 0 Å².